The van der Waals surface area contributed by atoms with Crippen LogP contribution in [0.25, 0.3) is 0 Å². The number of likely N-dealkylation sites (tertiary alicyclic amines) is 1. The SMILES string of the molecule is CCCNC1CCCN(C2CC3CCCC(C2)N3C)C1=O. The predicted molar refractivity (Wildman–Crippen MR) is 85.2 cm³/mol. The number of hydrogen-bond donors (Lipinski definition) is 1. The molecule has 120 valence electrons. The van der Waals surface area contributed by atoms with Crippen molar-refractivity contribution >= 4 is 5.91 Å². The largest absolute Gasteiger partial charge is 0.338 e. The fourth-order valence-corrected chi connectivity index (χ4v) is 4.61. The number of fused-ring (bicyclic) bond motifs is 2. The van der Waals surface area contributed by atoms with Gasteiger partial charge in [0.15, 0.2) is 0 Å². The average Bonchev–Trinajstić information content (AvgIpc) is 2.46. The van der Waals surface area contributed by atoms with Crippen LogP contribution < -0.4 is 5.32 Å². The summed E-state index contributed by atoms with van der Waals surface area (Å²) < 4.78 is 0. The standard InChI is InChI=1S/C17H31N3O/c1-3-9-18-16-8-5-10-20(17(16)21)15-11-13-6-4-7-14(12-15)19(13)2/h13-16,18H,3-12H2,1-2H3. The van der Waals surface area contributed by atoms with Gasteiger partial charge in [-0.1, -0.05) is 13.3 Å². The van der Waals surface area contributed by atoms with Crippen molar-refractivity contribution in [3.05, 3.63) is 0 Å². The maximum absolute atomic E-state index is 12.8. The monoisotopic (exact) mass is 293 g/mol. The van der Waals surface area contributed by atoms with E-state index in [0.29, 0.717) is 24.0 Å². The number of amides is 1. The van der Waals surface area contributed by atoms with E-state index >= 15 is 0 Å². The second kappa shape index (κ2) is 6.66. The molecular formula is C17H31N3O. The first-order valence-electron chi connectivity index (χ1n) is 8.96. The Kier molecular flexibility index (Phi) is 4.85. The van der Waals surface area contributed by atoms with E-state index in [9.17, 15) is 4.79 Å². The maximum Gasteiger partial charge on any atom is 0.239 e. The number of hydrogen-bond acceptors (Lipinski definition) is 3. The van der Waals surface area contributed by atoms with E-state index in [1.54, 1.807) is 0 Å². The number of nitrogens with one attached hydrogen (secondary N) is 1. The van der Waals surface area contributed by atoms with Crippen molar-refractivity contribution in [3.8, 4) is 0 Å². The minimum Gasteiger partial charge on any atom is -0.338 e. The molecule has 0 aromatic carbocycles. The molecule has 0 radical (unpaired) electrons. The van der Waals surface area contributed by atoms with Gasteiger partial charge in [0.1, 0.15) is 0 Å². The van der Waals surface area contributed by atoms with Crippen LogP contribution in [0, 0.1) is 0 Å². The van der Waals surface area contributed by atoms with Crippen LogP contribution in [0.3, 0.4) is 0 Å². The molecule has 0 saturated carbocycles. The lowest BCUT2D eigenvalue weighted by atomic mass is 9.81. The highest BCUT2D eigenvalue weighted by molar-refractivity contribution is 5.83. The van der Waals surface area contributed by atoms with Crippen LogP contribution in [0.15, 0.2) is 0 Å². The summed E-state index contributed by atoms with van der Waals surface area (Å²) in [5, 5.41) is 3.45. The Morgan fingerprint density at radius 1 is 1.10 bits per heavy atom. The van der Waals surface area contributed by atoms with Crippen LogP contribution in [-0.2, 0) is 4.79 Å². The minimum absolute atomic E-state index is 0.0817. The number of carbonyl (C=O) groups excluding carboxylic acids is 1. The van der Waals surface area contributed by atoms with Gasteiger partial charge in [-0.05, 0) is 58.5 Å². The molecule has 0 aliphatic carbocycles. The Bertz CT molecular complexity index is 359. The lowest BCUT2D eigenvalue weighted by Crippen LogP contribution is -2.60. The van der Waals surface area contributed by atoms with Crippen molar-refractivity contribution in [2.24, 2.45) is 0 Å². The van der Waals surface area contributed by atoms with Crippen molar-refractivity contribution < 1.29 is 4.79 Å². The van der Waals surface area contributed by atoms with Gasteiger partial charge in [-0.15, -0.1) is 0 Å². The summed E-state index contributed by atoms with van der Waals surface area (Å²) in [5.41, 5.74) is 0. The molecule has 2 bridgehead atoms. The Morgan fingerprint density at radius 2 is 1.81 bits per heavy atom. The lowest BCUT2D eigenvalue weighted by molar-refractivity contribution is -0.141. The molecule has 3 atom stereocenters. The molecule has 4 nitrogen and oxygen atoms in total. The van der Waals surface area contributed by atoms with E-state index in [2.05, 4.69) is 29.1 Å². The zero-order chi connectivity index (χ0) is 14.8. The van der Waals surface area contributed by atoms with Gasteiger partial charge in [-0.25, -0.2) is 0 Å². The highest BCUT2D eigenvalue weighted by Crippen LogP contribution is 2.35. The van der Waals surface area contributed by atoms with E-state index in [1.807, 2.05) is 0 Å². The molecule has 1 amide bonds. The van der Waals surface area contributed by atoms with Crippen LogP contribution >= 0.6 is 0 Å². The van der Waals surface area contributed by atoms with Crippen molar-refractivity contribution in [2.45, 2.75) is 82.5 Å². The van der Waals surface area contributed by atoms with Crippen LogP contribution in [0.2, 0.25) is 0 Å². The first-order valence-corrected chi connectivity index (χ1v) is 8.96. The molecule has 3 rings (SSSR count). The Balaban J connectivity index is 1.64. The van der Waals surface area contributed by atoms with Gasteiger partial charge < -0.3 is 15.1 Å². The maximum atomic E-state index is 12.8. The number of piperidine rings is 3. The molecule has 3 aliphatic rings. The number of nitrogens with zero attached hydrogens (tertiary/aromatic N) is 2. The van der Waals surface area contributed by atoms with Gasteiger partial charge >= 0.3 is 0 Å². The van der Waals surface area contributed by atoms with E-state index in [0.717, 1.165) is 32.4 Å². The Morgan fingerprint density at radius 3 is 2.48 bits per heavy atom. The van der Waals surface area contributed by atoms with Gasteiger partial charge in [0.25, 0.3) is 0 Å². The van der Waals surface area contributed by atoms with Crippen LogP contribution in [0.5, 0.6) is 0 Å². The summed E-state index contributed by atoms with van der Waals surface area (Å²) in [6.45, 7) is 4.11. The summed E-state index contributed by atoms with van der Waals surface area (Å²) in [5.74, 6) is 0.377. The smallest absolute Gasteiger partial charge is 0.239 e. The van der Waals surface area contributed by atoms with Gasteiger partial charge in [-0.3, -0.25) is 4.79 Å². The van der Waals surface area contributed by atoms with Crippen molar-refractivity contribution in [1.82, 2.24) is 15.1 Å². The minimum atomic E-state index is 0.0817. The van der Waals surface area contributed by atoms with Crippen molar-refractivity contribution in [3.63, 3.8) is 0 Å². The molecule has 21 heavy (non-hydrogen) atoms. The molecule has 0 aromatic rings. The van der Waals surface area contributed by atoms with Crippen LogP contribution in [0.1, 0.15) is 58.3 Å². The van der Waals surface area contributed by atoms with Gasteiger partial charge in [0.05, 0.1) is 6.04 Å². The molecule has 3 saturated heterocycles. The fourth-order valence-electron chi connectivity index (χ4n) is 4.61. The third-order valence-corrected chi connectivity index (χ3v) is 5.87. The first-order chi connectivity index (χ1) is 10.2. The second-order valence-electron chi connectivity index (χ2n) is 7.21. The van der Waals surface area contributed by atoms with E-state index in [1.165, 1.54) is 32.1 Å². The molecular weight excluding hydrogens is 262 g/mol. The van der Waals surface area contributed by atoms with E-state index in [4.69, 9.17) is 0 Å². The zero-order valence-corrected chi connectivity index (χ0v) is 13.7. The first kappa shape index (κ1) is 15.3. The molecule has 1 N–H and O–H groups in total. The summed E-state index contributed by atoms with van der Waals surface area (Å²) in [6.07, 6.45) is 9.69. The van der Waals surface area contributed by atoms with E-state index in [-0.39, 0.29) is 6.04 Å². The highest BCUT2D eigenvalue weighted by Gasteiger charge is 2.41. The topological polar surface area (TPSA) is 35.6 Å². The fraction of sp³-hybridized carbons (Fsp3) is 0.941. The van der Waals surface area contributed by atoms with Gasteiger partial charge in [0.2, 0.25) is 5.91 Å². The molecule has 4 heteroatoms. The zero-order valence-electron chi connectivity index (χ0n) is 13.7. The van der Waals surface area contributed by atoms with Crippen molar-refractivity contribution in [1.29, 1.82) is 0 Å². The number of rotatable bonds is 4. The molecule has 0 spiro atoms. The molecule has 3 unspecified atom stereocenters. The summed E-state index contributed by atoms with van der Waals surface area (Å²) >= 11 is 0. The summed E-state index contributed by atoms with van der Waals surface area (Å²) in [7, 11) is 2.29. The van der Waals surface area contributed by atoms with E-state index < -0.39 is 0 Å². The lowest BCUT2D eigenvalue weighted by Gasteiger charge is -2.51. The summed E-state index contributed by atoms with van der Waals surface area (Å²) in [4.78, 5) is 17.6. The van der Waals surface area contributed by atoms with Gasteiger partial charge in [-0.2, -0.15) is 0 Å². The highest BCUT2D eigenvalue weighted by atomic mass is 16.2. The third-order valence-electron chi connectivity index (χ3n) is 5.87. The van der Waals surface area contributed by atoms with Crippen LogP contribution in [0.4, 0.5) is 0 Å². The molecule has 3 aliphatic heterocycles. The Hall–Kier alpha value is -0.610. The molecule has 3 fully saturated rings. The summed E-state index contributed by atoms with van der Waals surface area (Å²) in [6, 6.07) is 1.99. The van der Waals surface area contributed by atoms with Crippen molar-refractivity contribution in [2.75, 3.05) is 20.1 Å². The van der Waals surface area contributed by atoms with Crippen LogP contribution in [-0.4, -0.2) is 60.0 Å². The third kappa shape index (κ3) is 3.11. The quantitative estimate of drug-likeness (QED) is 0.861. The van der Waals surface area contributed by atoms with Gasteiger partial charge in [0, 0.05) is 24.7 Å². The normalized spacial score (nSPS) is 37.8. The predicted octanol–water partition coefficient (Wildman–Crippen LogP) is 1.99. The molecule has 0 aromatic heterocycles. The molecule has 3 heterocycles. The Labute approximate surface area is 129 Å². The second-order valence-corrected chi connectivity index (χ2v) is 7.21. The average molecular weight is 293 g/mol. The number of carbonyl (C=O) groups is 1.